The van der Waals surface area contributed by atoms with Gasteiger partial charge in [-0.3, -0.25) is 0 Å². The Balaban J connectivity index is 1.98. The lowest BCUT2D eigenvalue weighted by Crippen LogP contribution is -2.35. The van der Waals surface area contributed by atoms with Crippen LogP contribution in [0.3, 0.4) is 0 Å². The summed E-state index contributed by atoms with van der Waals surface area (Å²) in [7, 11) is 4.13. The summed E-state index contributed by atoms with van der Waals surface area (Å²) in [6.07, 6.45) is 2.39. The number of likely N-dealkylation sites (tertiary alicyclic amines) is 1. The van der Waals surface area contributed by atoms with Gasteiger partial charge < -0.3 is 9.80 Å². The molecule has 1 heterocycles. The number of anilines is 1. The summed E-state index contributed by atoms with van der Waals surface area (Å²) in [4.78, 5) is 4.43. The molecule has 0 amide bonds. The van der Waals surface area contributed by atoms with Gasteiger partial charge in [0.1, 0.15) is 11.9 Å². The highest BCUT2D eigenvalue weighted by atomic mass is 19.1. The molecule has 0 atom stereocenters. The van der Waals surface area contributed by atoms with Crippen molar-refractivity contribution in [1.82, 2.24) is 4.90 Å². The van der Waals surface area contributed by atoms with Gasteiger partial charge in [-0.15, -0.1) is 0 Å². The topological polar surface area (TPSA) is 30.3 Å². The van der Waals surface area contributed by atoms with Crippen LogP contribution in [0.15, 0.2) is 18.2 Å². The van der Waals surface area contributed by atoms with E-state index in [9.17, 15) is 4.39 Å². The highest BCUT2D eigenvalue weighted by Crippen LogP contribution is 2.22. The lowest BCUT2D eigenvalue weighted by Gasteiger charge is -2.32. The van der Waals surface area contributed by atoms with Crippen molar-refractivity contribution in [1.29, 1.82) is 5.26 Å². The van der Waals surface area contributed by atoms with E-state index in [4.69, 9.17) is 5.26 Å². The molecule has 0 unspecified atom stereocenters. The molecule has 19 heavy (non-hydrogen) atoms. The van der Waals surface area contributed by atoms with Crippen molar-refractivity contribution >= 4 is 5.69 Å². The molecule has 0 spiro atoms. The average Bonchev–Trinajstić information content (AvgIpc) is 2.41. The highest BCUT2D eigenvalue weighted by Gasteiger charge is 2.18. The molecule has 0 aromatic heterocycles. The van der Waals surface area contributed by atoms with E-state index in [1.165, 1.54) is 18.9 Å². The number of halogens is 1. The summed E-state index contributed by atoms with van der Waals surface area (Å²) in [5, 5.41) is 8.73. The van der Waals surface area contributed by atoms with Crippen molar-refractivity contribution in [2.45, 2.75) is 12.8 Å². The van der Waals surface area contributed by atoms with E-state index in [1.807, 2.05) is 19.2 Å². The summed E-state index contributed by atoms with van der Waals surface area (Å²) in [5.74, 6) is 0.232. The van der Waals surface area contributed by atoms with E-state index in [0.717, 1.165) is 25.3 Å². The average molecular weight is 261 g/mol. The first-order valence-electron chi connectivity index (χ1n) is 6.69. The summed E-state index contributed by atoms with van der Waals surface area (Å²) in [6, 6.07) is 6.67. The largest absolute Gasteiger partial charge is 0.374 e. The summed E-state index contributed by atoms with van der Waals surface area (Å²) in [5.41, 5.74) is 0.951. The lowest BCUT2D eigenvalue weighted by molar-refractivity contribution is 0.222. The van der Waals surface area contributed by atoms with Gasteiger partial charge in [0.15, 0.2) is 0 Å². The van der Waals surface area contributed by atoms with Crippen LogP contribution in [0.25, 0.3) is 0 Å². The summed E-state index contributed by atoms with van der Waals surface area (Å²) >= 11 is 0. The minimum Gasteiger partial charge on any atom is -0.374 e. The number of hydrogen-bond donors (Lipinski definition) is 0. The quantitative estimate of drug-likeness (QED) is 0.837. The van der Waals surface area contributed by atoms with Gasteiger partial charge in [0, 0.05) is 19.3 Å². The Hall–Kier alpha value is -1.60. The van der Waals surface area contributed by atoms with E-state index in [2.05, 4.69) is 16.8 Å². The van der Waals surface area contributed by atoms with Crippen molar-refractivity contribution in [3.05, 3.63) is 29.6 Å². The number of hydrogen-bond acceptors (Lipinski definition) is 3. The molecule has 0 aliphatic carbocycles. The van der Waals surface area contributed by atoms with E-state index < -0.39 is 5.82 Å². The van der Waals surface area contributed by atoms with Crippen molar-refractivity contribution in [2.75, 3.05) is 38.6 Å². The van der Waals surface area contributed by atoms with Crippen molar-refractivity contribution in [2.24, 2.45) is 5.92 Å². The molecular weight excluding hydrogens is 241 g/mol. The van der Waals surface area contributed by atoms with Gasteiger partial charge in [-0.25, -0.2) is 4.39 Å². The predicted octanol–water partition coefficient (Wildman–Crippen LogP) is 2.48. The molecule has 0 bridgehead atoms. The maximum atomic E-state index is 13.6. The van der Waals surface area contributed by atoms with Crippen LogP contribution in [0, 0.1) is 23.1 Å². The van der Waals surface area contributed by atoms with Gasteiger partial charge in [0.05, 0.1) is 5.56 Å². The molecule has 1 fully saturated rings. The smallest absolute Gasteiger partial charge is 0.143 e. The van der Waals surface area contributed by atoms with Crippen LogP contribution in [0.1, 0.15) is 18.4 Å². The molecule has 4 heteroatoms. The molecular formula is C15H20FN3. The third-order valence-electron chi connectivity index (χ3n) is 3.88. The fourth-order valence-corrected chi connectivity index (χ4v) is 2.57. The Morgan fingerprint density at radius 1 is 1.42 bits per heavy atom. The molecule has 0 saturated carbocycles. The van der Waals surface area contributed by atoms with Gasteiger partial charge in [-0.2, -0.15) is 5.26 Å². The lowest BCUT2D eigenvalue weighted by atomic mass is 9.96. The number of nitrogens with zero attached hydrogens (tertiary/aromatic N) is 3. The zero-order valence-corrected chi connectivity index (χ0v) is 11.6. The van der Waals surface area contributed by atoms with Gasteiger partial charge in [-0.1, -0.05) is 0 Å². The Labute approximate surface area is 114 Å². The van der Waals surface area contributed by atoms with Crippen LogP contribution in [0.5, 0.6) is 0 Å². The first kappa shape index (κ1) is 13.8. The maximum absolute atomic E-state index is 13.6. The second-order valence-corrected chi connectivity index (χ2v) is 5.40. The van der Waals surface area contributed by atoms with Crippen LogP contribution >= 0.6 is 0 Å². The van der Waals surface area contributed by atoms with Crippen LogP contribution in [-0.2, 0) is 0 Å². The van der Waals surface area contributed by atoms with Gasteiger partial charge in [0.2, 0.25) is 0 Å². The molecule has 1 saturated heterocycles. The minimum atomic E-state index is -0.435. The van der Waals surface area contributed by atoms with E-state index in [0.29, 0.717) is 5.92 Å². The highest BCUT2D eigenvalue weighted by molar-refractivity contribution is 5.49. The van der Waals surface area contributed by atoms with Gasteiger partial charge in [-0.05, 0) is 57.1 Å². The van der Waals surface area contributed by atoms with Crippen molar-refractivity contribution in [3.8, 4) is 6.07 Å². The molecule has 1 aromatic rings. The normalized spacial score (nSPS) is 17.2. The predicted molar refractivity (Wildman–Crippen MR) is 74.6 cm³/mol. The van der Waals surface area contributed by atoms with Crippen molar-refractivity contribution in [3.63, 3.8) is 0 Å². The second kappa shape index (κ2) is 6.03. The first-order chi connectivity index (χ1) is 9.10. The summed E-state index contributed by atoms with van der Waals surface area (Å²) < 4.78 is 13.6. The Bertz CT molecular complexity index is 473. The minimum absolute atomic E-state index is 0.108. The van der Waals surface area contributed by atoms with Crippen LogP contribution in [0.4, 0.5) is 10.1 Å². The van der Waals surface area contributed by atoms with Crippen LogP contribution in [-0.4, -0.2) is 38.6 Å². The molecule has 1 aliphatic rings. The summed E-state index contributed by atoms with van der Waals surface area (Å²) in [6.45, 7) is 3.22. The zero-order valence-electron chi connectivity index (χ0n) is 11.6. The molecule has 0 N–H and O–H groups in total. The maximum Gasteiger partial charge on any atom is 0.143 e. The number of nitriles is 1. The standard InChI is InChI=1S/C15H20FN3/c1-18-7-5-12(6-8-18)11-19(2)14-4-3-13(10-17)15(16)9-14/h3-4,9,12H,5-8,11H2,1-2H3. The molecule has 1 aliphatic heterocycles. The molecule has 0 radical (unpaired) electrons. The fraction of sp³-hybridized carbons (Fsp3) is 0.533. The van der Waals surface area contributed by atoms with Crippen LogP contribution in [0.2, 0.25) is 0 Å². The van der Waals surface area contributed by atoms with E-state index in [1.54, 1.807) is 6.07 Å². The van der Waals surface area contributed by atoms with E-state index >= 15 is 0 Å². The fourth-order valence-electron chi connectivity index (χ4n) is 2.57. The van der Waals surface area contributed by atoms with Gasteiger partial charge >= 0.3 is 0 Å². The number of rotatable bonds is 3. The number of piperidine rings is 1. The molecule has 2 rings (SSSR count). The monoisotopic (exact) mass is 261 g/mol. The SMILES string of the molecule is CN1CCC(CN(C)c2ccc(C#N)c(F)c2)CC1. The number of benzene rings is 1. The van der Waals surface area contributed by atoms with E-state index in [-0.39, 0.29) is 5.56 Å². The molecule has 102 valence electrons. The molecule has 3 nitrogen and oxygen atoms in total. The van der Waals surface area contributed by atoms with Gasteiger partial charge in [0.25, 0.3) is 0 Å². The third kappa shape index (κ3) is 3.45. The zero-order chi connectivity index (χ0) is 13.8. The van der Waals surface area contributed by atoms with Crippen molar-refractivity contribution < 1.29 is 4.39 Å². The Morgan fingerprint density at radius 2 is 2.11 bits per heavy atom. The second-order valence-electron chi connectivity index (χ2n) is 5.40. The third-order valence-corrected chi connectivity index (χ3v) is 3.88. The first-order valence-corrected chi connectivity index (χ1v) is 6.69. The Morgan fingerprint density at radius 3 is 2.68 bits per heavy atom. The van der Waals surface area contributed by atoms with Crippen LogP contribution < -0.4 is 4.90 Å². The Kier molecular flexibility index (Phi) is 4.39. The molecule has 1 aromatic carbocycles.